The van der Waals surface area contributed by atoms with Crippen molar-refractivity contribution < 1.29 is 13.2 Å². The van der Waals surface area contributed by atoms with E-state index >= 15 is 0 Å². The zero-order chi connectivity index (χ0) is 19.4. The highest BCUT2D eigenvalue weighted by Crippen LogP contribution is 2.25. The number of aromatic amines is 1. The lowest BCUT2D eigenvalue weighted by Crippen LogP contribution is -2.56. The van der Waals surface area contributed by atoms with Gasteiger partial charge in [-0.3, -0.25) is 4.90 Å². The standard InChI is InChI=1S/C19H26F3N5.HI/c1-3-23-18(24-13-16-12-15-6-4-5-7-17(15)25-16)27-10-8-26(9-11-27)14(2)19(20,21)22;/h4-7,12,14,25H,3,8-11,13H2,1-2H3,(H,23,24);1H. The van der Waals surface area contributed by atoms with Gasteiger partial charge in [0.15, 0.2) is 5.96 Å². The fraction of sp³-hybridized carbons (Fsp3) is 0.526. The Balaban J connectivity index is 0.00000280. The Kier molecular flexibility index (Phi) is 7.99. The molecule has 1 unspecified atom stereocenters. The van der Waals surface area contributed by atoms with Gasteiger partial charge >= 0.3 is 6.18 Å². The molecule has 0 amide bonds. The van der Waals surface area contributed by atoms with Crippen LogP contribution in [-0.2, 0) is 6.54 Å². The van der Waals surface area contributed by atoms with E-state index in [2.05, 4.69) is 21.4 Å². The molecular formula is C19H27F3IN5. The Morgan fingerprint density at radius 1 is 1.21 bits per heavy atom. The third-order valence-corrected chi connectivity index (χ3v) is 4.96. The summed E-state index contributed by atoms with van der Waals surface area (Å²) in [5.41, 5.74) is 2.08. The van der Waals surface area contributed by atoms with Gasteiger partial charge in [-0.05, 0) is 31.4 Å². The number of guanidine groups is 1. The van der Waals surface area contributed by atoms with Crippen molar-refractivity contribution in [2.45, 2.75) is 32.6 Å². The van der Waals surface area contributed by atoms with Gasteiger partial charge in [-0.2, -0.15) is 13.2 Å². The van der Waals surface area contributed by atoms with E-state index in [9.17, 15) is 13.2 Å². The van der Waals surface area contributed by atoms with Gasteiger partial charge in [-0.15, -0.1) is 24.0 Å². The quantitative estimate of drug-likeness (QED) is 0.375. The molecule has 0 saturated carbocycles. The molecule has 3 rings (SSSR count). The Labute approximate surface area is 180 Å². The maximum Gasteiger partial charge on any atom is 0.403 e. The third kappa shape index (κ3) is 5.53. The van der Waals surface area contributed by atoms with E-state index in [0.717, 1.165) is 22.6 Å². The first-order valence-electron chi connectivity index (χ1n) is 9.29. The van der Waals surface area contributed by atoms with Crippen LogP contribution in [0.2, 0.25) is 0 Å². The summed E-state index contributed by atoms with van der Waals surface area (Å²) in [5, 5.41) is 4.39. The average Bonchev–Trinajstić information content (AvgIpc) is 3.07. The van der Waals surface area contributed by atoms with Gasteiger partial charge in [-0.1, -0.05) is 18.2 Å². The average molecular weight is 509 g/mol. The number of hydrogen-bond acceptors (Lipinski definition) is 2. The van der Waals surface area contributed by atoms with Crippen LogP contribution in [0.1, 0.15) is 19.5 Å². The van der Waals surface area contributed by atoms with E-state index in [1.807, 2.05) is 36.1 Å². The molecule has 0 spiro atoms. The molecule has 2 N–H and O–H groups in total. The number of nitrogens with zero attached hydrogens (tertiary/aromatic N) is 3. The number of aromatic nitrogens is 1. The third-order valence-electron chi connectivity index (χ3n) is 4.96. The lowest BCUT2D eigenvalue weighted by Gasteiger charge is -2.39. The zero-order valence-electron chi connectivity index (χ0n) is 16.1. The zero-order valence-corrected chi connectivity index (χ0v) is 18.4. The smallest absolute Gasteiger partial charge is 0.357 e. The first-order valence-corrected chi connectivity index (χ1v) is 9.29. The summed E-state index contributed by atoms with van der Waals surface area (Å²) in [7, 11) is 0. The van der Waals surface area contributed by atoms with Crippen LogP contribution in [0.3, 0.4) is 0 Å². The van der Waals surface area contributed by atoms with E-state index in [0.29, 0.717) is 39.3 Å². The summed E-state index contributed by atoms with van der Waals surface area (Å²) in [6, 6.07) is 8.71. The number of hydrogen-bond donors (Lipinski definition) is 2. The summed E-state index contributed by atoms with van der Waals surface area (Å²) in [6.07, 6.45) is -4.18. The maximum atomic E-state index is 12.9. The second-order valence-corrected chi connectivity index (χ2v) is 6.79. The minimum Gasteiger partial charge on any atom is -0.357 e. The van der Waals surface area contributed by atoms with Crippen molar-refractivity contribution in [2.75, 3.05) is 32.7 Å². The summed E-state index contributed by atoms with van der Waals surface area (Å²) >= 11 is 0. The SMILES string of the molecule is CCNC(=NCc1cc2ccccc2[nH]1)N1CCN(C(C)C(F)(F)F)CC1.I. The second-order valence-electron chi connectivity index (χ2n) is 6.79. The number of piperazine rings is 1. The van der Waals surface area contributed by atoms with Gasteiger partial charge in [0, 0.05) is 43.9 Å². The lowest BCUT2D eigenvalue weighted by atomic mass is 10.2. The highest BCUT2D eigenvalue weighted by molar-refractivity contribution is 14.0. The van der Waals surface area contributed by atoms with Gasteiger partial charge in [0.1, 0.15) is 6.04 Å². The van der Waals surface area contributed by atoms with E-state index in [1.165, 1.54) is 11.8 Å². The molecule has 2 heterocycles. The van der Waals surface area contributed by atoms with E-state index in [1.54, 1.807) is 0 Å². The van der Waals surface area contributed by atoms with Crippen LogP contribution in [0.25, 0.3) is 10.9 Å². The lowest BCUT2D eigenvalue weighted by molar-refractivity contribution is -0.181. The first-order chi connectivity index (χ1) is 12.9. The van der Waals surface area contributed by atoms with Gasteiger partial charge in [0.2, 0.25) is 0 Å². The molecule has 2 aromatic rings. The Morgan fingerprint density at radius 3 is 2.50 bits per heavy atom. The minimum atomic E-state index is -4.18. The van der Waals surface area contributed by atoms with E-state index in [4.69, 9.17) is 0 Å². The normalized spacial score (nSPS) is 17.5. The van der Waals surface area contributed by atoms with Gasteiger partial charge in [0.05, 0.1) is 6.54 Å². The second kappa shape index (κ2) is 9.82. The Bertz CT molecular complexity index is 748. The van der Waals surface area contributed by atoms with Crippen LogP contribution in [0, 0.1) is 0 Å². The maximum absolute atomic E-state index is 12.9. The minimum absolute atomic E-state index is 0. The number of fused-ring (bicyclic) bond motifs is 1. The van der Waals surface area contributed by atoms with Crippen molar-refractivity contribution in [3.63, 3.8) is 0 Å². The monoisotopic (exact) mass is 509 g/mol. The number of nitrogens with one attached hydrogen (secondary N) is 2. The predicted molar refractivity (Wildman–Crippen MR) is 117 cm³/mol. The van der Waals surface area contributed by atoms with Crippen LogP contribution >= 0.6 is 24.0 Å². The van der Waals surface area contributed by atoms with Crippen LogP contribution in [0.5, 0.6) is 0 Å². The van der Waals surface area contributed by atoms with Crippen LogP contribution in [0.4, 0.5) is 13.2 Å². The first kappa shape index (κ1) is 22.8. The largest absolute Gasteiger partial charge is 0.403 e. The van der Waals surface area contributed by atoms with Gasteiger partial charge < -0.3 is 15.2 Å². The molecule has 1 aliphatic heterocycles. The Morgan fingerprint density at radius 2 is 1.89 bits per heavy atom. The highest BCUT2D eigenvalue weighted by Gasteiger charge is 2.41. The molecule has 0 aliphatic carbocycles. The van der Waals surface area contributed by atoms with Crippen molar-refractivity contribution in [1.29, 1.82) is 0 Å². The molecule has 1 saturated heterocycles. The Hall–Kier alpha value is -1.49. The molecule has 0 bridgehead atoms. The molecule has 1 fully saturated rings. The predicted octanol–water partition coefficient (Wildman–Crippen LogP) is 3.82. The molecule has 9 heteroatoms. The van der Waals surface area contributed by atoms with Crippen molar-refractivity contribution in [1.82, 2.24) is 20.1 Å². The molecular weight excluding hydrogens is 482 g/mol. The molecule has 156 valence electrons. The van der Waals surface area contributed by atoms with Gasteiger partial charge in [0.25, 0.3) is 0 Å². The molecule has 1 aromatic heterocycles. The van der Waals surface area contributed by atoms with Crippen LogP contribution < -0.4 is 5.32 Å². The number of alkyl halides is 3. The molecule has 1 aliphatic rings. The number of halogens is 4. The van der Waals surface area contributed by atoms with Crippen molar-refractivity contribution in [2.24, 2.45) is 4.99 Å². The van der Waals surface area contributed by atoms with E-state index < -0.39 is 12.2 Å². The van der Waals surface area contributed by atoms with Crippen LogP contribution in [-0.4, -0.2) is 65.7 Å². The number of H-pyrrole nitrogens is 1. The summed E-state index contributed by atoms with van der Waals surface area (Å²) in [5.74, 6) is 0.746. The number of rotatable bonds is 4. The fourth-order valence-electron chi connectivity index (χ4n) is 3.33. The topological polar surface area (TPSA) is 46.7 Å². The number of benzene rings is 1. The molecule has 1 atom stereocenters. The van der Waals surface area contributed by atoms with Crippen LogP contribution in [0.15, 0.2) is 35.3 Å². The molecule has 5 nitrogen and oxygen atoms in total. The fourth-order valence-corrected chi connectivity index (χ4v) is 3.33. The molecule has 28 heavy (non-hydrogen) atoms. The van der Waals surface area contributed by atoms with Crippen molar-refractivity contribution in [3.05, 3.63) is 36.0 Å². The summed E-state index contributed by atoms with van der Waals surface area (Å²) < 4.78 is 38.7. The highest BCUT2D eigenvalue weighted by atomic mass is 127. The van der Waals surface area contributed by atoms with E-state index in [-0.39, 0.29) is 24.0 Å². The summed E-state index contributed by atoms with van der Waals surface area (Å²) in [6.45, 7) is 6.22. The van der Waals surface area contributed by atoms with Crippen molar-refractivity contribution in [3.8, 4) is 0 Å². The molecule has 1 aromatic carbocycles. The molecule has 0 radical (unpaired) electrons. The number of para-hydroxylation sites is 1. The number of aliphatic imine (C=N–C) groups is 1. The van der Waals surface area contributed by atoms with Crippen molar-refractivity contribution >= 4 is 40.8 Å². The summed E-state index contributed by atoms with van der Waals surface area (Å²) in [4.78, 5) is 11.5. The van der Waals surface area contributed by atoms with Gasteiger partial charge in [-0.25, -0.2) is 4.99 Å².